The summed E-state index contributed by atoms with van der Waals surface area (Å²) in [6, 6.07) is 6.94. The van der Waals surface area contributed by atoms with E-state index in [1.807, 2.05) is 6.07 Å². The zero-order valence-electron chi connectivity index (χ0n) is 11.5. The minimum Gasteiger partial charge on any atom is -0.354 e. The summed E-state index contributed by atoms with van der Waals surface area (Å²) in [6.45, 7) is 3.72. The first kappa shape index (κ1) is 13.9. The summed E-state index contributed by atoms with van der Waals surface area (Å²) in [6.07, 6.45) is 1.05. The van der Waals surface area contributed by atoms with Crippen LogP contribution in [-0.2, 0) is 0 Å². The Morgan fingerprint density at radius 3 is 2.48 bits per heavy atom. The second kappa shape index (κ2) is 6.13. The Bertz CT molecular complexity index is 587. The smallest absolute Gasteiger partial charge is 0.151 e. The number of nitrogens with one attached hydrogen (secondary N) is 1. The third-order valence-corrected chi connectivity index (χ3v) is 3.47. The fourth-order valence-corrected chi connectivity index (χ4v) is 2.42. The lowest BCUT2D eigenvalue weighted by Crippen LogP contribution is -2.28. The molecule has 1 aliphatic rings. The van der Waals surface area contributed by atoms with Crippen LogP contribution in [0.4, 0.5) is 14.6 Å². The molecule has 1 fully saturated rings. The fraction of sp³-hybridized carbons (Fsp3) is 0.333. The summed E-state index contributed by atoms with van der Waals surface area (Å²) < 4.78 is 26.5. The first-order chi connectivity index (χ1) is 10.2. The largest absolute Gasteiger partial charge is 0.354 e. The predicted octanol–water partition coefficient (Wildman–Crippen LogP) is 2.22. The van der Waals surface area contributed by atoms with Crippen LogP contribution in [0.5, 0.6) is 0 Å². The highest BCUT2D eigenvalue weighted by Crippen LogP contribution is 2.21. The summed E-state index contributed by atoms with van der Waals surface area (Å²) in [5, 5.41) is 11.6. The van der Waals surface area contributed by atoms with E-state index in [9.17, 15) is 8.78 Å². The third kappa shape index (κ3) is 3.33. The molecular formula is C15H16F2N4. The van der Waals surface area contributed by atoms with Gasteiger partial charge in [-0.05, 0) is 37.2 Å². The molecule has 0 aliphatic carbocycles. The Kier molecular flexibility index (Phi) is 4.06. The molecule has 0 saturated carbocycles. The Labute approximate surface area is 121 Å². The molecule has 4 nitrogen and oxygen atoms in total. The number of hydrogen-bond donors (Lipinski definition) is 1. The molecule has 110 valence electrons. The first-order valence-corrected chi connectivity index (χ1v) is 6.98. The van der Waals surface area contributed by atoms with Gasteiger partial charge in [0.15, 0.2) is 5.82 Å². The average molecular weight is 290 g/mol. The molecule has 0 unspecified atom stereocenters. The second-order valence-corrected chi connectivity index (χ2v) is 5.03. The summed E-state index contributed by atoms with van der Waals surface area (Å²) >= 11 is 0. The van der Waals surface area contributed by atoms with E-state index >= 15 is 0 Å². The summed E-state index contributed by atoms with van der Waals surface area (Å²) in [7, 11) is 0. The maximum absolute atomic E-state index is 13.2. The number of hydrogen-bond acceptors (Lipinski definition) is 4. The van der Waals surface area contributed by atoms with E-state index in [2.05, 4.69) is 20.4 Å². The molecule has 3 rings (SSSR count). The SMILES string of the molecule is Fc1cc(F)cc(-c2ccc(N3CCCNCC3)nn2)c1. The van der Waals surface area contributed by atoms with Crippen molar-refractivity contribution in [2.24, 2.45) is 0 Å². The van der Waals surface area contributed by atoms with Crippen LogP contribution in [0.2, 0.25) is 0 Å². The van der Waals surface area contributed by atoms with Gasteiger partial charge in [0.2, 0.25) is 0 Å². The molecule has 0 atom stereocenters. The van der Waals surface area contributed by atoms with Crippen LogP contribution in [0.1, 0.15) is 6.42 Å². The van der Waals surface area contributed by atoms with Gasteiger partial charge in [0, 0.05) is 31.3 Å². The van der Waals surface area contributed by atoms with E-state index in [0.717, 1.165) is 44.5 Å². The Balaban J connectivity index is 1.83. The van der Waals surface area contributed by atoms with Crippen molar-refractivity contribution in [3.8, 4) is 11.3 Å². The molecule has 1 aromatic carbocycles. The number of halogens is 2. The molecule has 2 aromatic rings. The normalized spacial score (nSPS) is 15.8. The van der Waals surface area contributed by atoms with Crippen molar-refractivity contribution in [1.82, 2.24) is 15.5 Å². The van der Waals surface area contributed by atoms with Crippen LogP contribution < -0.4 is 10.2 Å². The molecule has 2 heterocycles. The molecule has 0 amide bonds. The highest BCUT2D eigenvalue weighted by molar-refractivity contribution is 5.59. The molecule has 0 spiro atoms. The van der Waals surface area contributed by atoms with Gasteiger partial charge in [-0.15, -0.1) is 10.2 Å². The first-order valence-electron chi connectivity index (χ1n) is 6.98. The monoisotopic (exact) mass is 290 g/mol. The van der Waals surface area contributed by atoms with Crippen molar-refractivity contribution in [2.75, 3.05) is 31.1 Å². The minimum absolute atomic E-state index is 0.393. The van der Waals surface area contributed by atoms with Gasteiger partial charge in [-0.3, -0.25) is 0 Å². The Hall–Kier alpha value is -2.08. The molecule has 1 aliphatic heterocycles. The Morgan fingerprint density at radius 1 is 0.952 bits per heavy atom. The van der Waals surface area contributed by atoms with Crippen molar-refractivity contribution >= 4 is 5.82 Å². The quantitative estimate of drug-likeness (QED) is 0.921. The standard InChI is InChI=1S/C15H16F2N4/c16-12-8-11(9-13(17)10-12)14-2-3-15(20-19-14)21-6-1-4-18-5-7-21/h2-3,8-10,18H,1,4-7H2. The maximum atomic E-state index is 13.2. The molecule has 1 aromatic heterocycles. The maximum Gasteiger partial charge on any atom is 0.151 e. The van der Waals surface area contributed by atoms with E-state index in [1.165, 1.54) is 12.1 Å². The average Bonchev–Trinajstić information content (AvgIpc) is 2.75. The molecule has 1 N–H and O–H groups in total. The van der Waals surface area contributed by atoms with Crippen LogP contribution in [0, 0.1) is 11.6 Å². The second-order valence-electron chi connectivity index (χ2n) is 5.03. The zero-order valence-corrected chi connectivity index (χ0v) is 11.5. The summed E-state index contributed by atoms with van der Waals surface area (Å²) in [5.74, 6) is -0.441. The van der Waals surface area contributed by atoms with Crippen LogP contribution in [0.25, 0.3) is 11.3 Å². The van der Waals surface area contributed by atoms with E-state index in [-0.39, 0.29) is 0 Å². The summed E-state index contributed by atoms with van der Waals surface area (Å²) in [5.41, 5.74) is 0.856. The number of nitrogens with zero attached hydrogens (tertiary/aromatic N) is 3. The zero-order chi connectivity index (χ0) is 14.7. The lowest BCUT2D eigenvalue weighted by atomic mass is 10.1. The van der Waals surface area contributed by atoms with E-state index < -0.39 is 11.6 Å². The van der Waals surface area contributed by atoms with E-state index in [4.69, 9.17) is 0 Å². The molecule has 0 radical (unpaired) electrons. The lowest BCUT2D eigenvalue weighted by Gasteiger charge is -2.20. The van der Waals surface area contributed by atoms with Crippen molar-refractivity contribution in [3.05, 3.63) is 42.0 Å². The number of aromatic nitrogens is 2. The van der Waals surface area contributed by atoms with Gasteiger partial charge in [0.1, 0.15) is 11.6 Å². The van der Waals surface area contributed by atoms with Crippen molar-refractivity contribution in [2.45, 2.75) is 6.42 Å². The number of rotatable bonds is 2. The minimum atomic E-state index is -0.616. The van der Waals surface area contributed by atoms with Crippen LogP contribution in [0.15, 0.2) is 30.3 Å². The van der Waals surface area contributed by atoms with E-state index in [0.29, 0.717) is 11.3 Å². The molecule has 6 heteroatoms. The van der Waals surface area contributed by atoms with E-state index in [1.54, 1.807) is 6.07 Å². The highest BCUT2D eigenvalue weighted by atomic mass is 19.1. The molecule has 0 bridgehead atoms. The van der Waals surface area contributed by atoms with Gasteiger partial charge in [-0.1, -0.05) is 0 Å². The van der Waals surface area contributed by atoms with Gasteiger partial charge in [0.05, 0.1) is 5.69 Å². The highest BCUT2D eigenvalue weighted by Gasteiger charge is 2.12. The summed E-state index contributed by atoms with van der Waals surface area (Å²) in [4.78, 5) is 2.16. The van der Waals surface area contributed by atoms with Crippen LogP contribution in [0.3, 0.4) is 0 Å². The van der Waals surface area contributed by atoms with Crippen LogP contribution in [-0.4, -0.2) is 36.4 Å². The topological polar surface area (TPSA) is 41.0 Å². The fourth-order valence-electron chi connectivity index (χ4n) is 2.42. The van der Waals surface area contributed by atoms with Gasteiger partial charge < -0.3 is 10.2 Å². The van der Waals surface area contributed by atoms with Gasteiger partial charge >= 0.3 is 0 Å². The number of benzene rings is 1. The van der Waals surface area contributed by atoms with Gasteiger partial charge in [0.25, 0.3) is 0 Å². The predicted molar refractivity (Wildman–Crippen MR) is 77.1 cm³/mol. The molecular weight excluding hydrogens is 274 g/mol. The van der Waals surface area contributed by atoms with Crippen molar-refractivity contribution < 1.29 is 8.78 Å². The van der Waals surface area contributed by atoms with Crippen molar-refractivity contribution in [1.29, 1.82) is 0 Å². The Morgan fingerprint density at radius 2 is 1.76 bits per heavy atom. The lowest BCUT2D eigenvalue weighted by molar-refractivity contribution is 0.584. The van der Waals surface area contributed by atoms with Gasteiger partial charge in [-0.2, -0.15) is 0 Å². The molecule has 21 heavy (non-hydrogen) atoms. The van der Waals surface area contributed by atoms with Crippen molar-refractivity contribution in [3.63, 3.8) is 0 Å². The van der Waals surface area contributed by atoms with Crippen LogP contribution >= 0.6 is 0 Å². The number of anilines is 1. The van der Waals surface area contributed by atoms with Gasteiger partial charge in [-0.25, -0.2) is 8.78 Å². The molecule has 1 saturated heterocycles. The third-order valence-electron chi connectivity index (χ3n) is 3.47.